The summed E-state index contributed by atoms with van der Waals surface area (Å²) in [6.45, 7) is 2.18. The number of likely N-dealkylation sites (tertiary alicyclic amines) is 1. The van der Waals surface area contributed by atoms with Gasteiger partial charge in [0.15, 0.2) is 9.84 Å². The van der Waals surface area contributed by atoms with Crippen LogP contribution in [-0.2, 0) is 14.6 Å². The number of nitrogens with two attached hydrogens (primary N) is 1. The van der Waals surface area contributed by atoms with Crippen LogP contribution in [0.25, 0.3) is 11.4 Å². The lowest BCUT2D eigenvalue weighted by atomic mass is 10.0. The first kappa shape index (κ1) is 21.2. The summed E-state index contributed by atoms with van der Waals surface area (Å²) in [5.41, 5.74) is 6.51. The van der Waals surface area contributed by atoms with Gasteiger partial charge >= 0.3 is 0 Å². The van der Waals surface area contributed by atoms with Gasteiger partial charge in [-0.1, -0.05) is 23.7 Å². The van der Waals surface area contributed by atoms with Crippen molar-refractivity contribution in [3.63, 3.8) is 0 Å². The second-order valence-corrected chi connectivity index (χ2v) is 9.43. The molecule has 0 aliphatic carbocycles. The lowest BCUT2D eigenvalue weighted by Crippen LogP contribution is -2.48. The van der Waals surface area contributed by atoms with Gasteiger partial charge in [0.25, 0.3) is 0 Å². The normalized spacial score (nSPS) is 19.0. The lowest BCUT2D eigenvalue weighted by Gasteiger charge is -2.25. The van der Waals surface area contributed by atoms with Gasteiger partial charge in [-0.2, -0.15) is 10.2 Å². The highest BCUT2D eigenvalue weighted by atomic mass is 35.5. The van der Waals surface area contributed by atoms with Crippen LogP contribution in [0.5, 0.6) is 0 Å². The predicted octanol–water partition coefficient (Wildman–Crippen LogP) is 1.74. The highest BCUT2D eigenvalue weighted by molar-refractivity contribution is 7.90. The fourth-order valence-corrected chi connectivity index (χ4v) is 4.14. The Bertz CT molecular complexity index is 1080. The molecule has 0 bridgehead atoms. The quantitative estimate of drug-likeness (QED) is 0.744. The number of hydrogen-bond donors (Lipinski definition) is 1. The largest absolute Gasteiger partial charge is 0.339 e. The first-order valence-corrected chi connectivity index (χ1v) is 11.2. The van der Waals surface area contributed by atoms with Crippen LogP contribution in [0.15, 0.2) is 27.6 Å². The van der Waals surface area contributed by atoms with Gasteiger partial charge in [-0.05, 0) is 31.0 Å². The number of amides is 1. The Morgan fingerprint density at radius 3 is 2.83 bits per heavy atom. The molecule has 2 N–H and O–H groups in total. The Kier molecular flexibility index (Phi) is 5.93. The number of nitrogens with zero attached hydrogens (tertiary/aromatic N) is 4. The maximum Gasteiger partial charge on any atom is 0.241 e. The summed E-state index contributed by atoms with van der Waals surface area (Å²) in [6.07, 6.45) is 2.48. The third-order valence-electron chi connectivity index (χ3n) is 4.95. The zero-order chi connectivity index (χ0) is 21.3. The van der Waals surface area contributed by atoms with Crippen LogP contribution < -0.4 is 5.73 Å². The second kappa shape index (κ2) is 8.10. The summed E-state index contributed by atoms with van der Waals surface area (Å²) in [5.74, 6) is -0.612. The standard InChI is InChI=1S/C18H20ClN5O4S/c1-10(15(21)18(25)24-7-3-4-11(24)9-20)17-22-16(23-28-17)13-6-5-12(8-14(13)19)29(2,26)27/h5-6,8,10-11,15H,3-4,7,21H2,1-2H3/t10-,11-,15-/m0/s1. The van der Waals surface area contributed by atoms with Gasteiger partial charge in [0.1, 0.15) is 6.04 Å². The molecule has 1 aromatic heterocycles. The van der Waals surface area contributed by atoms with Crippen LogP contribution in [0.3, 0.4) is 0 Å². The Balaban J connectivity index is 1.81. The van der Waals surface area contributed by atoms with Crippen molar-refractivity contribution < 1.29 is 17.7 Å². The summed E-state index contributed by atoms with van der Waals surface area (Å²) < 4.78 is 28.5. The average molecular weight is 438 g/mol. The minimum absolute atomic E-state index is 0.0774. The minimum Gasteiger partial charge on any atom is -0.339 e. The van der Waals surface area contributed by atoms with E-state index in [0.717, 1.165) is 12.7 Å². The number of hydrogen-bond acceptors (Lipinski definition) is 8. The molecule has 2 heterocycles. The number of benzene rings is 1. The summed E-state index contributed by atoms with van der Waals surface area (Å²) >= 11 is 6.19. The van der Waals surface area contributed by atoms with Gasteiger partial charge in [0.05, 0.1) is 27.9 Å². The molecular weight excluding hydrogens is 418 g/mol. The molecule has 2 aromatic rings. The molecule has 0 saturated carbocycles. The fraction of sp³-hybridized carbons (Fsp3) is 0.444. The van der Waals surface area contributed by atoms with Gasteiger partial charge in [-0.3, -0.25) is 4.79 Å². The van der Waals surface area contributed by atoms with Gasteiger partial charge in [-0.15, -0.1) is 0 Å². The molecule has 0 unspecified atom stereocenters. The molecule has 1 saturated heterocycles. The molecule has 29 heavy (non-hydrogen) atoms. The highest BCUT2D eigenvalue weighted by Crippen LogP contribution is 2.30. The number of halogens is 1. The van der Waals surface area contributed by atoms with Crippen LogP contribution in [0.2, 0.25) is 5.02 Å². The van der Waals surface area contributed by atoms with Gasteiger partial charge in [0, 0.05) is 18.4 Å². The molecule has 1 amide bonds. The van der Waals surface area contributed by atoms with Crippen LogP contribution in [-0.4, -0.2) is 54.2 Å². The number of rotatable bonds is 5. The Hall–Kier alpha value is -2.48. The van der Waals surface area contributed by atoms with E-state index in [4.69, 9.17) is 21.9 Å². The van der Waals surface area contributed by atoms with Crippen molar-refractivity contribution in [3.8, 4) is 17.5 Å². The lowest BCUT2D eigenvalue weighted by molar-refractivity contribution is -0.133. The van der Waals surface area contributed by atoms with Crippen molar-refractivity contribution >= 4 is 27.3 Å². The van der Waals surface area contributed by atoms with Crippen molar-refractivity contribution in [3.05, 3.63) is 29.1 Å². The maximum absolute atomic E-state index is 12.7. The number of carbonyl (C=O) groups excluding carboxylic acids is 1. The van der Waals surface area contributed by atoms with Crippen LogP contribution in [0.1, 0.15) is 31.6 Å². The van der Waals surface area contributed by atoms with Crippen molar-refractivity contribution in [2.24, 2.45) is 5.73 Å². The van der Waals surface area contributed by atoms with E-state index in [1.807, 2.05) is 0 Å². The van der Waals surface area contributed by atoms with Gasteiger partial charge in [-0.25, -0.2) is 8.42 Å². The molecule has 1 fully saturated rings. The SMILES string of the molecule is C[C@H](c1nc(-c2ccc(S(C)(=O)=O)cc2Cl)no1)[C@H](N)C(=O)N1CCC[C@H]1C#N. The van der Waals surface area contributed by atoms with E-state index in [0.29, 0.717) is 18.5 Å². The van der Waals surface area contributed by atoms with E-state index in [2.05, 4.69) is 16.2 Å². The molecule has 154 valence electrons. The van der Waals surface area contributed by atoms with Crippen molar-refractivity contribution in [2.75, 3.05) is 12.8 Å². The van der Waals surface area contributed by atoms with Crippen LogP contribution >= 0.6 is 11.6 Å². The van der Waals surface area contributed by atoms with E-state index < -0.39 is 27.8 Å². The Morgan fingerprint density at radius 1 is 1.48 bits per heavy atom. The summed E-state index contributed by atoms with van der Waals surface area (Å²) in [5, 5.41) is 13.2. The average Bonchev–Trinajstić information content (AvgIpc) is 3.34. The minimum atomic E-state index is -3.40. The molecule has 0 radical (unpaired) electrons. The third kappa shape index (κ3) is 4.27. The van der Waals surface area contributed by atoms with Crippen molar-refractivity contribution in [2.45, 2.75) is 42.7 Å². The summed E-state index contributed by atoms with van der Waals surface area (Å²) in [6, 6.07) is 4.92. The van der Waals surface area contributed by atoms with E-state index in [9.17, 15) is 18.5 Å². The van der Waals surface area contributed by atoms with Crippen LogP contribution in [0.4, 0.5) is 0 Å². The zero-order valence-electron chi connectivity index (χ0n) is 15.9. The maximum atomic E-state index is 12.7. The molecule has 1 aromatic carbocycles. The summed E-state index contributed by atoms with van der Waals surface area (Å²) in [7, 11) is -3.40. The fourth-order valence-electron chi connectivity index (χ4n) is 3.16. The van der Waals surface area contributed by atoms with Crippen molar-refractivity contribution in [1.29, 1.82) is 5.26 Å². The van der Waals surface area contributed by atoms with Gasteiger partial charge in [0.2, 0.25) is 17.6 Å². The van der Waals surface area contributed by atoms with E-state index in [1.54, 1.807) is 6.92 Å². The second-order valence-electron chi connectivity index (χ2n) is 7.00. The third-order valence-corrected chi connectivity index (χ3v) is 6.37. The molecule has 1 aliphatic rings. The van der Waals surface area contributed by atoms with Crippen molar-refractivity contribution in [1.82, 2.24) is 15.0 Å². The van der Waals surface area contributed by atoms with Crippen LogP contribution in [0, 0.1) is 11.3 Å². The number of nitriles is 1. The number of sulfone groups is 1. The highest BCUT2D eigenvalue weighted by Gasteiger charge is 2.36. The first-order valence-electron chi connectivity index (χ1n) is 8.92. The zero-order valence-corrected chi connectivity index (χ0v) is 17.4. The molecule has 11 heteroatoms. The molecule has 1 aliphatic heterocycles. The number of aromatic nitrogens is 2. The monoisotopic (exact) mass is 437 g/mol. The predicted molar refractivity (Wildman–Crippen MR) is 105 cm³/mol. The number of carbonyl (C=O) groups is 1. The molecule has 3 atom stereocenters. The molecule has 9 nitrogen and oxygen atoms in total. The van der Waals surface area contributed by atoms with E-state index in [-0.39, 0.29) is 27.5 Å². The first-order chi connectivity index (χ1) is 13.6. The van der Waals surface area contributed by atoms with Gasteiger partial charge < -0.3 is 15.2 Å². The molecule has 3 rings (SSSR count). The molecular formula is C18H20ClN5O4S. The Morgan fingerprint density at radius 2 is 2.21 bits per heavy atom. The smallest absolute Gasteiger partial charge is 0.241 e. The summed E-state index contributed by atoms with van der Waals surface area (Å²) in [4.78, 5) is 18.5. The Labute approximate surface area is 173 Å². The topological polar surface area (TPSA) is 143 Å². The molecule has 0 spiro atoms. The van der Waals surface area contributed by atoms with E-state index in [1.165, 1.54) is 23.1 Å². The van der Waals surface area contributed by atoms with E-state index >= 15 is 0 Å².